The number of hydrogen-bond acceptors (Lipinski definition) is 3. The van der Waals surface area contributed by atoms with Crippen LogP contribution in [0.5, 0.6) is 0 Å². The first kappa shape index (κ1) is 11.8. The zero-order valence-corrected chi connectivity index (χ0v) is 11.6. The molecule has 2 saturated carbocycles. The van der Waals surface area contributed by atoms with Crippen LogP contribution in [0.1, 0.15) is 38.5 Å². The van der Waals surface area contributed by atoms with E-state index in [4.69, 9.17) is 14.2 Å². The Morgan fingerprint density at radius 2 is 1.67 bits per heavy atom. The zero-order valence-electron chi connectivity index (χ0n) is 10.6. The highest BCUT2D eigenvalue weighted by molar-refractivity contribution is 7.20. The molecular formula is C14H21O3P. The molecule has 6 atom stereocenters. The lowest BCUT2D eigenvalue weighted by Gasteiger charge is -2.24. The lowest BCUT2D eigenvalue weighted by molar-refractivity contribution is 0.196. The van der Waals surface area contributed by atoms with Crippen LogP contribution in [0.3, 0.4) is 0 Å². The molecule has 0 radical (unpaired) electrons. The van der Waals surface area contributed by atoms with E-state index >= 15 is 0 Å². The van der Waals surface area contributed by atoms with Crippen molar-refractivity contribution in [1.29, 1.82) is 0 Å². The number of fused-ring (bicyclic) bond motifs is 2. The minimum Gasteiger partial charge on any atom is -0.370 e. The molecule has 100 valence electrons. The highest BCUT2D eigenvalue weighted by Gasteiger charge is 2.45. The van der Waals surface area contributed by atoms with Crippen LogP contribution in [-0.2, 0) is 14.2 Å². The van der Waals surface area contributed by atoms with E-state index in [1.165, 1.54) is 32.1 Å². The zero-order chi connectivity index (χ0) is 12.1. The fourth-order valence-corrected chi connectivity index (χ4v) is 3.95. The van der Waals surface area contributed by atoms with Gasteiger partial charge < -0.3 is 14.2 Å². The van der Waals surface area contributed by atoms with Gasteiger partial charge in [-0.1, -0.05) is 8.86 Å². The highest BCUT2D eigenvalue weighted by atomic mass is 31.0. The first-order valence-electron chi connectivity index (χ1n) is 7.32. The molecule has 2 saturated heterocycles. The number of ether oxygens (including phenoxy) is 3. The molecule has 3 nitrogen and oxygen atoms in total. The smallest absolute Gasteiger partial charge is 0.0848 e. The van der Waals surface area contributed by atoms with E-state index < -0.39 is 0 Å². The SMILES string of the molecule is P=C(OCC1CCC2OC2C1)C1CCC2OC2C1. The van der Waals surface area contributed by atoms with Crippen LogP contribution >= 0.6 is 8.86 Å². The fraction of sp³-hybridized carbons (Fsp3) is 0.929. The lowest BCUT2D eigenvalue weighted by Crippen LogP contribution is -2.25. The molecule has 6 unspecified atom stereocenters. The Labute approximate surface area is 110 Å². The van der Waals surface area contributed by atoms with Crippen LogP contribution in [0.15, 0.2) is 0 Å². The molecule has 4 fully saturated rings. The van der Waals surface area contributed by atoms with Crippen molar-refractivity contribution in [2.45, 2.75) is 62.9 Å². The van der Waals surface area contributed by atoms with Crippen molar-refractivity contribution < 1.29 is 14.2 Å². The van der Waals surface area contributed by atoms with Gasteiger partial charge in [-0.15, -0.1) is 0 Å². The van der Waals surface area contributed by atoms with Gasteiger partial charge in [-0.2, -0.15) is 0 Å². The van der Waals surface area contributed by atoms with Gasteiger partial charge in [0.1, 0.15) is 0 Å². The number of epoxide rings is 2. The molecule has 0 aromatic carbocycles. The first-order chi connectivity index (χ1) is 8.79. The topological polar surface area (TPSA) is 34.3 Å². The van der Waals surface area contributed by atoms with Gasteiger partial charge in [-0.25, -0.2) is 0 Å². The molecule has 4 aliphatic rings. The maximum Gasteiger partial charge on any atom is 0.0848 e. The first-order valence-corrected chi connectivity index (χ1v) is 7.82. The van der Waals surface area contributed by atoms with E-state index in [0.717, 1.165) is 18.5 Å². The molecule has 2 aliphatic heterocycles. The monoisotopic (exact) mass is 268 g/mol. The van der Waals surface area contributed by atoms with Crippen molar-refractivity contribution in [3.63, 3.8) is 0 Å². The Hall–Kier alpha value is 0.0500. The molecule has 0 N–H and O–H groups in total. The summed E-state index contributed by atoms with van der Waals surface area (Å²) in [6, 6.07) is 0. The molecule has 0 amide bonds. The van der Waals surface area contributed by atoms with Gasteiger partial charge in [-0.3, -0.25) is 0 Å². The summed E-state index contributed by atoms with van der Waals surface area (Å²) < 4.78 is 17.1. The molecule has 18 heavy (non-hydrogen) atoms. The van der Waals surface area contributed by atoms with Gasteiger partial charge in [0.25, 0.3) is 0 Å². The van der Waals surface area contributed by atoms with Gasteiger partial charge in [0, 0.05) is 5.92 Å². The van der Waals surface area contributed by atoms with Gasteiger partial charge in [0.2, 0.25) is 0 Å². The van der Waals surface area contributed by atoms with Crippen molar-refractivity contribution >= 4 is 14.3 Å². The third-order valence-corrected chi connectivity index (χ3v) is 5.51. The lowest BCUT2D eigenvalue weighted by atomic mass is 9.89. The van der Waals surface area contributed by atoms with Crippen LogP contribution < -0.4 is 0 Å². The summed E-state index contributed by atoms with van der Waals surface area (Å²) in [5.41, 5.74) is 1.06. The molecule has 4 rings (SSSR count). The summed E-state index contributed by atoms with van der Waals surface area (Å²) >= 11 is 0. The van der Waals surface area contributed by atoms with Gasteiger partial charge in [0.15, 0.2) is 0 Å². The molecule has 2 aliphatic carbocycles. The van der Waals surface area contributed by atoms with E-state index in [1.54, 1.807) is 0 Å². The Balaban J connectivity index is 1.23. The number of hydrogen-bond donors (Lipinski definition) is 0. The van der Waals surface area contributed by atoms with E-state index in [0.29, 0.717) is 36.3 Å². The summed E-state index contributed by atoms with van der Waals surface area (Å²) in [4.78, 5) is 0. The Kier molecular flexibility index (Phi) is 3.00. The Bertz CT molecular complexity index is 359. The van der Waals surface area contributed by atoms with Crippen molar-refractivity contribution in [2.75, 3.05) is 6.61 Å². The minimum absolute atomic E-state index is 0.522. The average molecular weight is 268 g/mol. The summed E-state index contributed by atoms with van der Waals surface area (Å²) in [5, 5.41) is 0. The predicted molar refractivity (Wildman–Crippen MR) is 71.3 cm³/mol. The normalized spacial score (nSPS) is 49.1. The summed E-state index contributed by atoms with van der Waals surface area (Å²) in [6.45, 7) is 0.858. The third kappa shape index (κ3) is 2.38. The van der Waals surface area contributed by atoms with Crippen molar-refractivity contribution in [2.24, 2.45) is 11.8 Å². The van der Waals surface area contributed by atoms with E-state index in [9.17, 15) is 0 Å². The number of rotatable bonds is 4. The summed E-state index contributed by atoms with van der Waals surface area (Å²) in [7, 11) is 3.70. The second kappa shape index (κ2) is 4.56. The molecule has 0 bridgehead atoms. The van der Waals surface area contributed by atoms with Gasteiger partial charge >= 0.3 is 0 Å². The third-order valence-electron chi connectivity index (χ3n) is 4.96. The van der Waals surface area contributed by atoms with E-state index in [-0.39, 0.29) is 0 Å². The molecule has 0 aromatic rings. The van der Waals surface area contributed by atoms with Crippen LogP contribution in [0.4, 0.5) is 0 Å². The Morgan fingerprint density at radius 1 is 0.944 bits per heavy atom. The van der Waals surface area contributed by atoms with Crippen molar-refractivity contribution in [3.05, 3.63) is 0 Å². The largest absolute Gasteiger partial charge is 0.370 e. The predicted octanol–water partition coefficient (Wildman–Crippen LogP) is 2.41. The van der Waals surface area contributed by atoms with Gasteiger partial charge in [-0.05, 0) is 44.4 Å². The van der Waals surface area contributed by atoms with Gasteiger partial charge in [0.05, 0.1) is 36.5 Å². The van der Waals surface area contributed by atoms with Crippen LogP contribution in [0.25, 0.3) is 0 Å². The summed E-state index contributed by atoms with van der Waals surface area (Å²) in [5.74, 6) is 1.24. The molecule has 0 spiro atoms. The molecule has 4 heteroatoms. The summed E-state index contributed by atoms with van der Waals surface area (Å²) in [6.07, 6.45) is 9.49. The van der Waals surface area contributed by atoms with Crippen LogP contribution in [0, 0.1) is 11.8 Å². The van der Waals surface area contributed by atoms with Crippen LogP contribution in [0.2, 0.25) is 0 Å². The fourth-order valence-electron chi connectivity index (χ4n) is 3.61. The second-order valence-electron chi connectivity index (χ2n) is 6.29. The maximum absolute atomic E-state index is 5.97. The minimum atomic E-state index is 0.522. The van der Waals surface area contributed by atoms with Crippen molar-refractivity contribution in [3.8, 4) is 0 Å². The molecule has 2 heterocycles. The maximum atomic E-state index is 5.97. The van der Waals surface area contributed by atoms with E-state index in [2.05, 4.69) is 8.86 Å². The standard InChI is InChI=1S/C14H21O3P/c18-14(9-2-4-11-13(6-9)17-11)15-7-8-1-3-10-12(5-8)16-10/h8-13,18H,1-7H2. The average Bonchev–Trinajstić information content (AvgIpc) is 3.26. The molecular weight excluding hydrogens is 247 g/mol. The van der Waals surface area contributed by atoms with Crippen molar-refractivity contribution in [1.82, 2.24) is 0 Å². The quantitative estimate of drug-likeness (QED) is 0.580. The second-order valence-corrected chi connectivity index (χ2v) is 6.78. The van der Waals surface area contributed by atoms with Crippen LogP contribution in [-0.4, -0.2) is 36.5 Å². The molecule has 0 aromatic heterocycles. The Morgan fingerprint density at radius 3 is 2.39 bits per heavy atom. The van der Waals surface area contributed by atoms with E-state index in [1.807, 2.05) is 0 Å². The highest BCUT2D eigenvalue weighted by Crippen LogP contribution is 2.41.